The largest absolute Gasteiger partial charge is 0.470 e. The number of carbonyl (C=O) groups is 2. The van der Waals surface area contributed by atoms with Crippen molar-refractivity contribution in [1.82, 2.24) is 14.9 Å². The van der Waals surface area contributed by atoms with Gasteiger partial charge in [0.1, 0.15) is 12.2 Å². The van der Waals surface area contributed by atoms with Gasteiger partial charge in [0.05, 0.1) is 6.54 Å². The Labute approximate surface area is 134 Å². The first-order chi connectivity index (χ1) is 10.8. The van der Waals surface area contributed by atoms with E-state index in [9.17, 15) is 9.59 Å². The van der Waals surface area contributed by atoms with Gasteiger partial charge in [0.15, 0.2) is 5.60 Å². The fraction of sp³-hybridized carbons (Fsp3) is 0.533. The molecular weight excluding hydrogens is 300 g/mol. The highest BCUT2D eigenvalue weighted by Gasteiger charge is 2.39. The minimum atomic E-state index is -1.22. The highest BCUT2D eigenvalue weighted by Crippen LogP contribution is 2.22. The van der Waals surface area contributed by atoms with Gasteiger partial charge < -0.3 is 14.4 Å². The Bertz CT molecular complexity index is 653. The van der Waals surface area contributed by atoms with Crippen molar-refractivity contribution in [3.05, 3.63) is 18.1 Å². The Morgan fingerprint density at radius 1 is 1.39 bits per heavy atom. The molecule has 122 valence electrons. The molecule has 1 unspecified atom stereocenters. The molecule has 0 aromatic carbocycles. The van der Waals surface area contributed by atoms with E-state index < -0.39 is 11.6 Å². The van der Waals surface area contributed by atoms with Gasteiger partial charge in [-0.05, 0) is 13.8 Å². The molecule has 1 aliphatic heterocycles. The third-order valence-corrected chi connectivity index (χ3v) is 3.40. The van der Waals surface area contributed by atoms with E-state index in [1.807, 2.05) is 6.07 Å². The number of aromatic nitrogens is 2. The average molecular weight is 318 g/mol. The van der Waals surface area contributed by atoms with Gasteiger partial charge in [0.2, 0.25) is 5.69 Å². The minimum Gasteiger partial charge on any atom is -0.470 e. The summed E-state index contributed by atoms with van der Waals surface area (Å²) in [5, 5.41) is 8.98. The van der Waals surface area contributed by atoms with Crippen LogP contribution in [-0.4, -0.2) is 51.5 Å². The second-order valence-corrected chi connectivity index (χ2v) is 5.71. The zero-order valence-corrected chi connectivity index (χ0v) is 13.3. The molecule has 2 heterocycles. The topological polar surface area (TPSA) is 105 Å². The van der Waals surface area contributed by atoms with Crippen molar-refractivity contribution >= 4 is 11.9 Å². The Kier molecular flexibility index (Phi) is 4.79. The summed E-state index contributed by atoms with van der Waals surface area (Å²) in [6.45, 7) is 5.20. The number of likely N-dealkylation sites (tertiary alicyclic amines) is 1. The van der Waals surface area contributed by atoms with Gasteiger partial charge in [0, 0.05) is 32.3 Å². The third kappa shape index (κ3) is 3.94. The SMILES string of the molecule is CC(=O)OC(C)(C)C(=O)N1CCC(Oc2nccnc2C#N)C1. The predicted molar refractivity (Wildman–Crippen MR) is 78.2 cm³/mol. The minimum absolute atomic E-state index is 0.109. The number of esters is 1. The first-order valence-electron chi connectivity index (χ1n) is 7.20. The summed E-state index contributed by atoms with van der Waals surface area (Å²) in [4.78, 5) is 33.0. The number of hydrogen-bond acceptors (Lipinski definition) is 7. The van der Waals surface area contributed by atoms with Crippen LogP contribution in [0.15, 0.2) is 12.4 Å². The lowest BCUT2D eigenvalue weighted by atomic mass is 10.1. The fourth-order valence-corrected chi connectivity index (χ4v) is 2.44. The summed E-state index contributed by atoms with van der Waals surface area (Å²) >= 11 is 0. The molecule has 1 aliphatic rings. The van der Waals surface area contributed by atoms with Gasteiger partial charge in [-0.1, -0.05) is 0 Å². The molecule has 0 spiro atoms. The van der Waals surface area contributed by atoms with Crippen LogP contribution in [-0.2, 0) is 14.3 Å². The van der Waals surface area contributed by atoms with Crippen molar-refractivity contribution in [3.8, 4) is 11.9 Å². The van der Waals surface area contributed by atoms with E-state index in [-0.39, 0.29) is 23.6 Å². The molecule has 0 N–H and O–H groups in total. The molecular formula is C15H18N4O4. The molecule has 1 amide bonds. The van der Waals surface area contributed by atoms with Crippen molar-refractivity contribution in [2.45, 2.75) is 38.9 Å². The third-order valence-electron chi connectivity index (χ3n) is 3.40. The van der Waals surface area contributed by atoms with Crippen molar-refractivity contribution in [1.29, 1.82) is 5.26 Å². The van der Waals surface area contributed by atoms with Crippen LogP contribution < -0.4 is 4.74 Å². The lowest BCUT2D eigenvalue weighted by Gasteiger charge is -2.28. The maximum absolute atomic E-state index is 12.4. The molecule has 1 fully saturated rings. The second kappa shape index (κ2) is 6.60. The van der Waals surface area contributed by atoms with Crippen LogP contribution in [0.5, 0.6) is 5.88 Å². The Morgan fingerprint density at radius 2 is 2.09 bits per heavy atom. The summed E-state index contributed by atoms with van der Waals surface area (Å²) < 4.78 is 10.7. The highest BCUT2D eigenvalue weighted by molar-refractivity contribution is 5.87. The van der Waals surface area contributed by atoms with Gasteiger partial charge in [-0.3, -0.25) is 9.59 Å². The van der Waals surface area contributed by atoms with Crippen LogP contribution in [0, 0.1) is 11.3 Å². The molecule has 0 aliphatic carbocycles. The van der Waals surface area contributed by atoms with Crippen LogP contribution in [0.2, 0.25) is 0 Å². The van der Waals surface area contributed by atoms with E-state index in [0.717, 1.165) is 0 Å². The summed E-state index contributed by atoms with van der Waals surface area (Å²) in [7, 11) is 0. The van der Waals surface area contributed by atoms with Crippen molar-refractivity contribution in [2.24, 2.45) is 0 Å². The summed E-state index contributed by atoms with van der Waals surface area (Å²) in [5.74, 6) is -0.624. The number of nitriles is 1. The van der Waals surface area contributed by atoms with Gasteiger partial charge in [-0.15, -0.1) is 0 Å². The normalized spacial score (nSPS) is 17.5. The first kappa shape index (κ1) is 16.7. The van der Waals surface area contributed by atoms with E-state index >= 15 is 0 Å². The van der Waals surface area contributed by atoms with Gasteiger partial charge >= 0.3 is 5.97 Å². The lowest BCUT2D eigenvalue weighted by molar-refractivity contribution is -0.168. The van der Waals surface area contributed by atoms with Crippen LogP contribution in [0.3, 0.4) is 0 Å². The Hall–Kier alpha value is -2.69. The van der Waals surface area contributed by atoms with E-state index in [0.29, 0.717) is 19.5 Å². The molecule has 2 rings (SSSR count). The zero-order valence-electron chi connectivity index (χ0n) is 13.3. The molecule has 1 aromatic rings. The van der Waals surface area contributed by atoms with E-state index in [1.165, 1.54) is 19.3 Å². The molecule has 1 saturated heterocycles. The van der Waals surface area contributed by atoms with Crippen LogP contribution in [0.1, 0.15) is 32.9 Å². The molecule has 23 heavy (non-hydrogen) atoms. The van der Waals surface area contributed by atoms with Crippen LogP contribution in [0.4, 0.5) is 0 Å². The number of rotatable bonds is 4. The summed E-state index contributed by atoms with van der Waals surface area (Å²) in [6.07, 6.45) is 3.18. The molecule has 0 bridgehead atoms. The number of hydrogen-bond donors (Lipinski definition) is 0. The van der Waals surface area contributed by atoms with Crippen molar-refractivity contribution < 1.29 is 19.1 Å². The van der Waals surface area contributed by atoms with Crippen molar-refractivity contribution in [2.75, 3.05) is 13.1 Å². The Morgan fingerprint density at radius 3 is 2.74 bits per heavy atom. The second-order valence-electron chi connectivity index (χ2n) is 5.71. The number of ether oxygens (including phenoxy) is 2. The van der Waals surface area contributed by atoms with E-state index in [1.54, 1.807) is 18.7 Å². The molecule has 8 nitrogen and oxygen atoms in total. The van der Waals surface area contributed by atoms with Crippen LogP contribution >= 0.6 is 0 Å². The molecule has 1 atom stereocenters. The summed E-state index contributed by atoms with van der Waals surface area (Å²) in [5.41, 5.74) is -1.11. The van der Waals surface area contributed by atoms with Crippen LogP contribution in [0.25, 0.3) is 0 Å². The van der Waals surface area contributed by atoms with Gasteiger partial charge in [0.25, 0.3) is 11.8 Å². The lowest BCUT2D eigenvalue weighted by Crippen LogP contribution is -2.47. The monoisotopic (exact) mass is 318 g/mol. The molecule has 1 aromatic heterocycles. The van der Waals surface area contributed by atoms with Gasteiger partial charge in [-0.25, -0.2) is 9.97 Å². The standard InChI is InChI=1S/C15H18N4O4/c1-10(20)23-15(2,3)14(21)19-7-4-11(9-19)22-13-12(8-16)17-5-6-18-13/h5-6,11H,4,7,9H2,1-3H3. The maximum Gasteiger partial charge on any atom is 0.303 e. The predicted octanol–water partition coefficient (Wildman–Crippen LogP) is 0.670. The number of amides is 1. The first-order valence-corrected chi connectivity index (χ1v) is 7.20. The highest BCUT2D eigenvalue weighted by atomic mass is 16.6. The number of nitrogens with zero attached hydrogens (tertiary/aromatic N) is 4. The van der Waals surface area contributed by atoms with Gasteiger partial charge in [-0.2, -0.15) is 5.26 Å². The average Bonchev–Trinajstić information content (AvgIpc) is 2.94. The smallest absolute Gasteiger partial charge is 0.303 e. The molecule has 0 radical (unpaired) electrons. The Balaban J connectivity index is 2.00. The quantitative estimate of drug-likeness (QED) is 0.751. The fourth-order valence-electron chi connectivity index (χ4n) is 2.44. The summed E-state index contributed by atoms with van der Waals surface area (Å²) in [6, 6.07) is 1.91. The van der Waals surface area contributed by atoms with Crippen molar-refractivity contribution in [3.63, 3.8) is 0 Å². The number of carbonyl (C=O) groups excluding carboxylic acids is 2. The van der Waals surface area contributed by atoms with E-state index in [2.05, 4.69) is 9.97 Å². The molecule has 0 saturated carbocycles. The molecule has 8 heteroatoms. The van der Waals surface area contributed by atoms with E-state index in [4.69, 9.17) is 14.7 Å². The maximum atomic E-state index is 12.4. The zero-order chi connectivity index (χ0) is 17.0.